The van der Waals surface area contributed by atoms with Gasteiger partial charge in [0, 0.05) is 25.9 Å². The third kappa shape index (κ3) is 3.40. The molecule has 1 aromatic heterocycles. The Morgan fingerprint density at radius 2 is 2.04 bits per heavy atom. The Hall–Kier alpha value is -2.87. The summed E-state index contributed by atoms with van der Waals surface area (Å²) in [5, 5.41) is 0. The van der Waals surface area contributed by atoms with E-state index in [9.17, 15) is 14.4 Å². The number of hydrogen-bond donors (Lipinski definition) is 1. The molecule has 2 aromatic rings. The molecule has 1 aliphatic heterocycles. The molecule has 1 atom stereocenters. The van der Waals surface area contributed by atoms with Crippen molar-refractivity contribution in [3.05, 3.63) is 50.3 Å². The molecule has 1 aromatic carbocycles. The van der Waals surface area contributed by atoms with E-state index in [0.717, 1.165) is 28.5 Å². The lowest BCUT2D eigenvalue weighted by Crippen LogP contribution is -2.37. The zero-order valence-electron chi connectivity index (χ0n) is 15.7. The molecule has 0 aliphatic carbocycles. The van der Waals surface area contributed by atoms with Crippen LogP contribution in [0.1, 0.15) is 17.5 Å². The van der Waals surface area contributed by atoms with Crippen molar-refractivity contribution in [3.63, 3.8) is 0 Å². The summed E-state index contributed by atoms with van der Waals surface area (Å²) < 4.78 is 13.0. The average Bonchev–Trinajstić information content (AvgIpc) is 2.69. The van der Waals surface area contributed by atoms with Crippen molar-refractivity contribution in [2.45, 2.75) is 25.3 Å². The molecule has 0 saturated heterocycles. The summed E-state index contributed by atoms with van der Waals surface area (Å²) >= 11 is 0. The van der Waals surface area contributed by atoms with Crippen molar-refractivity contribution >= 4 is 5.97 Å². The van der Waals surface area contributed by atoms with Crippen molar-refractivity contribution in [1.29, 1.82) is 0 Å². The second kappa shape index (κ2) is 7.40. The van der Waals surface area contributed by atoms with Gasteiger partial charge in [0.1, 0.15) is 11.8 Å². The van der Waals surface area contributed by atoms with Crippen molar-refractivity contribution < 1.29 is 14.3 Å². The minimum atomic E-state index is -0.766. The standard InChI is InChI=1S/C19H23N3O5/c1-21-10-14(17(23)22(2)19(21)25)13-7-6-11(9-15(20)18(24)26-3)12-5-4-8-27-16(12)13/h6-7,10,15H,4-5,8-9,20H2,1-3H3/t15-/m0/s1. The van der Waals surface area contributed by atoms with Crippen LogP contribution in [0.5, 0.6) is 5.75 Å². The largest absolute Gasteiger partial charge is 0.493 e. The predicted octanol–water partition coefficient (Wildman–Crippen LogP) is 0.119. The second-order valence-electron chi connectivity index (χ2n) is 6.67. The number of aromatic nitrogens is 2. The van der Waals surface area contributed by atoms with Crippen molar-refractivity contribution in [2.24, 2.45) is 19.8 Å². The van der Waals surface area contributed by atoms with Crippen LogP contribution in [0.25, 0.3) is 11.1 Å². The Morgan fingerprint density at radius 3 is 2.74 bits per heavy atom. The summed E-state index contributed by atoms with van der Waals surface area (Å²) in [4.78, 5) is 36.3. The van der Waals surface area contributed by atoms with Gasteiger partial charge in [0.15, 0.2) is 0 Å². The lowest BCUT2D eigenvalue weighted by atomic mass is 9.91. The molecule has 0 bridgehead atoms. The Labute approximate surface area is 156 Å². The van der Waals surface area contributed by atoms with Gasteiger partial charge < -0.3 is 19.8 Å². The van der Waals surface area contributed by atoms with E-state index in [1.165, 1.54) is 24.9 Å². The molecule has 27 heavy (non-hydrogen) atoms. The number of carbonyl (C=O) groups is 1. The number of nitrogens with zero attached hydrogens (tertiary/aromatic N) is 2. The lowest BCUT2D eigenvalue weighted by Gasteiger charge is -2.24. The highest BCUT2D eigenvalue weighted by atomic mass is 16.5. The molecule has 0 radical (unpaired) electrons. The van der Waals surface area contributed by atoms with Gasteiger partial charge in [-0.15, -0.1) is 0 Å². The maximum atomic E-state index is 12.6. The number of rotatable bonds is 4. The number of fused-ring (bicyclic) bond motifs is 1. The minimum absolute atomic E-state index is 0.323. The molecule has 8 nitrogen and oxygen atoms in total. The first-order chi connectivity index (χ1) is 12.8. The fraction of sp³-hybridized carbons (Fsp3) is 0.421. The van der Waals surface area contributed by atoms with Crippen molar-refractivity contribution in [2.75, 3.05) is 13.7 Å². The summed E-state index contributed by atoms with van der Waals surface area (Å²) in [6.45, 7) is 0.540. The van der Waals surface area contributed by atoms with Gasteiger partial charge in [-0.3, -0.25) is 14.2 Å². The molecule has 0 unspecified atom stereocenters. The van der Waals surface area contributed by atoms with Gasteiger partial charge >= 0.3 is 11.7 Å². The van der Waals surface area contributed by atoms with Gasteiger partial charge in [-0.05, 0) is 30.4 Å². The summed E-state index contributed by atoms with van der Waals surface area (Å²) in [6, 6.07) is 2.87. The molecule has 0 amide bonds. The van der Waals surface area contributed by atoms with E-state index in [-0.39, 0.29) is 11.2 Å². The summed E-state index contributed by atoms with van der Waals surface area (Å²) in [6.07, 6.45) is 3.45. The van der Waals surface area contributed by atoms with Gasteiger partial charge in [0.05, 0.1) is 19.3 Å². The van der Waals surface area contributed by atoms with Crippen LogP contribution in [0, 0.1) is 0 Å². The summed E-state index contributed by atoms with van der Waals surface area (Å²) in [5.74, 6) is 0.142. The van der Waals surface area contributed by atoms with Crippen LogP contribution in [0.3, 0.4) is 0 Å². The molecular weight excluding hydrogens is 350 g/mol. The molecule has 0 saturated carbocycles. The number of esters is 1. The molecule has 2 heterocycles. The Bertz CT molecular complexity index is 1010. The van der Waals surface area contributed by atoms with Crippen LogP contribution < -0.4 is 21.7 Å². The molecule has 2 N–H and O–H groups in total. The fourth-order valence-electron chi connectivity index (χ4n) is 3.40. The maximum absolute atomic E-state index is 12.6. The van der Waals surface area contributed by atoms with Crippen LogP contribution in [0.2, 0.25) is 0 Å². The first-order valence-electron chi connectivity index (χ1n) is 8.73. The average molecular weight is 373 g/mol. The number of aryl methyl sites for hydroxylation is 1. The maximum Gasteiger partial charge on any atom is 0.330 e. The van der Waals surface area contributed by atoms with Crippen LogP contribution in [-0.2, 0) is 36.5 Å². The number of methoxy groups -OCH3 is 1. The molecule has 144 valence electrons. The normalized spacial score (nSPS) is 14.2. The smallest absolute Gasteiger partial charge is 0.330 e. The van der Waals surface area contributed by atoms with Crippen LogP contribution >= 0.6 is 0 Å². The predicted molar refractivity (Wildman–Crippen MR) is 99.9 cm³/mol. The third-order valence-corrected chi connectivity index (χ3v) is 4.86. The van der Waals surface area contributed by atoms with E-state index >= 15 is 0 Å². The Kier molecular flexibility index (Phi) is 5.18. The first kappa shape index (κ1) is 18.9. The van der Waals surface area contributed by atoms with Gasteiger partial charge in [-0.2, -0.15) is 0 Å². The number of hydrogen-bond acceptors (Lipinski definition) is 6. The van der Waals surface area contributed by atoms with Crippen molar-refractivity contribution in [1.82, 2.24) is 9.13 Å². The highest BCUT2D eigenvalue weighted by molar-refractivity contribution is 5.77. The van der Waals surface area contributed by atoms with E-state index in [2.05, 4.69) is 0 Å². The molecule has 0 spiro atoms. The molecule has 3 rings (SSSR count). The third-order valence-electron chi connectivity index (χ3n) is 4.86. The van der Waals surface area contributed by atoms with Crippen LogP contribution in [0.15, 0.2) is 27.9 Å². The fourth-order valence-corrected chi connectivity index (χ4v) is 3.40. The summed E-state index contributed by atoms with van der Waals surface area (Å²) in [5.41, 5.74) is 8.01. The highest BCUT2D eigenvalue weighted by Crippen LogP contribution is 2.37. The quantitative estimate of drug-likeness (QED) is 0.763. The first-order valence-corrected chi connectivity index (χ1v) is 8.73. The van der Waals surface area contributed by atoms with E-state index in [1.807, 2.05) is 6.07 Å². The van der Waals surface area contributed by atoms with Crippen LogP contribution in [-0.4, -0.2) is 34.9 Å². The van der Waals surface area contributed by atoms with Gasteiger partial charge in [0.25, 0.3) is 5.56 Å². The number of ether oxygens (including phenoxy) is 2. The van der Waals surface area contributed by atoms with Gasteiger partial charge in [-0.1, -0.05) is 12.1 Å². The zero-order valence-corrected chi connectivity index (χ0v) is 15.7. The minimum Gasteiger partial charge on any atom is -0.493 e. The van der Waals surface area contributed by atoms with Gasteiger partial charge in [-0.25, -0.2) is 4.79 Å². The van der Waals surface area contributed by atoms with E-state index in [1.54, 1.807) is 13.1 Å². The van der Waals surface area contributed by atoms with Gasteiger partial charge in [0.2, 0.25) is 0 Å². The molecular formula is C19H23N3O5. The number of nitrogens with two attached hydrogens (primary N) is 1. The summed E-state index contributed by atoms with van der Waals surface area (Å²) in [7, 11) is 4.35. The SMILES string of the molecule is COC(=O)[C@@H](N)Cc1ccc(-c2cn(C)c(=O)n(C)c2=O)c2c1CCCO2. The van der Waals surface area contributed by atoms with E-state index in [0.29, 0.717) is 29.9 Å². The number of carbonyl (C=O) groups excluding carboxylic acids is 1. The van der Waals surface area contributed by atoms with Crippen LogP contribution in [0.4, 0.5) is 0 Å². The molecule has 1 aliphatic rings. The van der Waals surface area contributed by atoms with Crippen molar-refractivity contribution in [3.8, 4) is 16.9 Å². The molecule has 0 fully saturated rings. The highest BCUT2D eigenvalue weighted by Gasteiger charge is 2.24. The zero-order chi connectivity index (χ0) is 19.7. The van der Waals surface area contributed by atoms with E-state index in [4.69, 9.17) is 15.2 Å². The second-order valence-corrected chi connectivity index (χ2v) is 6.67. The number of benzene rings is 1. The Morgan fingerprint density at radius 1 is 1.30 bits per heavy atom. The topological polar surface area (TPSA) is 106 Å². The lowest BCUT2D eigenvalue weighted by molar-refractivity contribution is -0.142. The van der Waals surface area contributed by atoms with E-state index < -0.39 is 12.0 Å². The molecule has 8 heteroatoms. The Balaban J connectivity index is 2.14. The monoisotopic (exact) mass is 373 g/mol.